The lowest BCUT2D eigenvalue weighted by Gasteiger charge is -2.34. The molecular formula is C19H27N5O2S2. The van der Waals surface area contributed by atoms with E-state index in [4.69, 9.17) is 0 Å². The highest BCUT2D eigenvalue weighted by molar-refractivity contribution is 7.91. The largest absolute Gasteiger partial charge is 0.371 e. The van der Waals surface area contributed by atoms with Gasteiger partial charge in [0.25, 0.3) is 0 Å². The number of guanidine groups is 1. The van der Waals surface area contributed by atoms with Gasteiger partial charge >= 0.3 is 0 Å². The number of hydrogen-bond acceptors (Lipinski definition) is 5. The van der Waals surface area contributed by atoms with Crippen LogP contribution in [0.5, 0.6) is 0 Å². The maximum atomic E-state index is 12.1. The Hall–Kier alpha value is -2.10. The summed E-state index contributed by atoms with van der Waals surface area (Å²) < 4.78 is 27.1. The molecule has 152 valence electrons. The molecule has 2 aromatic rings. The number of aliphatic imine (C=N–C) groups is 1. The van der Waals surface area contributed by atoms with Gasteiger partial charge in [0.2, 0.25) is 10.0 Å². The Balaban J connectivity index is 1.38. The Bertz CT molecular complexity index is 846. The van der Waals surface area contributed by atoms with E-state index in [0.29, 0.717) is 29.3 Å². The van der Waals surface area contributed by atoms with Gasteiger partial charge in [-0.2, -0.15) is 0 Å². The standard InChI is InChI=1S/C19H27N5O2S2/c1-20-19(21-11-12-22-28(25,26)18-8-5-15-27-18)23-16-9-13-24(14-10-16)17-6-3-2-4-7-17/h2-8,15-16,22H,9-14H2,1H3,(H2,20,21,23). The van der Waals surface area contributed by atoms with Crippen LogP contribution < -0.4 is 20.3 Å². The van der Waals surface area contributed by atoms with E-state index in [0.717, 1.165) is 25.9 Å². The molecule has 1 aliphatic heterocycles. The van der Waals surface area contributed by atoms with Crippen molar-refractivity contribution in [2.75, 3.05) is 38.1 Å². The third-order valence-corrected chi connectivity index (χ3v) is 7.51. The molecule has 0 bridgehead atoms. The highest BCUT2D eigenvalue weighted by Gasteiger charge is 2.20. The summed E-state index contributed by atoms with van der Waals surface area (Å²) in [4.78, 5) is 6.65. The molecule has 1 fully saturated rings. The molecule has 9 heteroatoms. The highest BCUT2D eigenvalue weighted by atomic mass is 32.2. The Kier molecular flexibility index (Phi) is 7.30. The first-order chi connectivity index (χ1) is 13.6. The molecule has 0 saturated carbocycles. The van der Waals surface area contributed by atoms with Crippen LogP contribution in [0.1, 0.15) is 12.8 Å². The highest BCUT2D eigenvalue weighted by Crippen LogP contribution is 2.19. The Morgan fingerprint density at radius 3 is 2.54 bits per heavy atom. The third kappa shape index (κ3) is 5.70. The van der Waals surface area contributed by atoms with Crippen molar-refractivity contribution in [1.82, 2.24) is 15.4 Å². The third-order valence-electron chi connectivity index (χ3n) is 4.65. The number of thiophene rings is 1. The van der Waals surface area contributed by atoms with Crippen molar-refractivity contribution in [3.8, 4) is 0 Å². The molecule has 0 amide bonds. The number of piperidine rings is 1. The summed E-state index contributed by atoms with van der Waals surface area (Å²) in [5.74, 6) is 0.702. The number of benzene rings is 1. The van der Waals surface area contributed by atoms with E-state index in [2.05, 4.69) is 49.5 Å². The molecular weight excluding hydrogens is 394 g/mol. The molecule has 1 aromatic carbocycles. The zero-order chi connectivity index (χ0) is 19.8. The Morgan fingerprint density at radius 2 is 1.89 bits per heavy atom. The second kappa shape index (κ2) is 9.90. The van der Waals surface area contributed by atoms with Crippen LogP contribution in [0.4, 0.5) is 5.69 Å². The van der Waals surface area contributed by atoms with Gasteiger partial charge in [0, 0.05) is 45.0 Å². The number of nitrogens with one attached hydrogen (secondary N) is 3. The average molecular weight is 422 g/mol. The minimum absolute atomic E-state index is 0.299. The van der Waals surface area contributed by atoms with Gasteiger partial charge in [-0.15, -0.1) is 11.3 Å². The van der Waals surface area contributed by atoms with Gasteiger partial charge in [-0.1, -0.05) is 24.3 Å². The summed E-state index contributed by atoms with van der Waals surface area (Å²) in [6.07, 6.45) is 2.06. The number of sulfonamides is 1. The summed E-state index contributed by atoms with van der Waals surface area (Å²) in [6.45, 7) is 2.76. The summed E-state index contributed by atoms with van der Waals surface area (Å²) in [6, 6.07) is 14.1. The summed E-state index contributed by atoms with van der Waals surface area (Å²) in [5, 5.41) is 8.37. The normalized spacial score (nSPS) is 16.2. The van der Waals surface area contributed by atoms with Gasteiger partial charge in [-0.05, 0) is 36.4 Å². The van der Waals surface area contributed by atoms with Crippen molar-refractivity contribution in [2.24, 2.45) is 4.99 Å². The van der Waals surface area contributed by atoms with E-state index in [1.807, 2.05) is 6.07 Å². The molecule has 2 heterocycles. The van der Waals surface area contributed by atoms with E-state index >= 15 is 0 Å². The first-order valence-corrected chi connectivity index (χ1v) is 11.7. The van der Waals surface area contributed by atoms with Gasteiger partial charge in [0.05, 0.1) is 0 Å². The van der Waals surface area contributed by atoms with Crippen LogP contribution in [-0.2, 0) is 10.0 Å². The number of rotatable bonds is 7. The first-order valence-electron chi connectivity index (χ1n) is 9.39. The van der Waals surface area contributed by atoms with E-state index in [9.17, 15) is 8.42 Å². The molecule has 3 rings (SSSR count). The summed E-state index contributed by atoms with van der Waals surface area (Å²) >= 11 is 1.21. The lowest BCUT2D eigenvalue weighted by Crippen LogP contribution is -2.49. The Labute approximate surface area is 170 Å². The van der Waals surface area contributed by atoms with Crippen LogP contribution in [0.15, 0.2) is 57.0 Å². The summed E-state index contributed by atoms with van der Waals surface area (Å²) in [7, 11) is -1.69. The van der Waals surface area contributed by atoms with Crippen LogP contribution in [0.2, 0.25) is 0 Å². The minimum Gasteiger partial charge on any atom is -0.371 e. The average Bonchev–Trinajstić information content (AvgIpc) is 3.27. The SMILES string of the molecule is CN=C(NCCNS(=O)(=O)c1cccs1)NC1CCN(c2ccccc2)CC1. The lowest BCUT2D eigenvalue weighted by molar-refractivity contribution is 0.461. The lowest BCUT2D eigenvalue weighted by atomic mass is 10.0. The molecule has 1 saturated heterocycles. The molecule has 1 aromatic heterocycles. The predicted octanol–water partition coefficient (Wildman–Crippen LogP) is 1.86. The molecule has 0 radical (unpaired) electrons. The first kappa shape index (κ1) is 20.6. The van der Waals surface area contributed by atoms with Crippen molar-refractivity contribution in [2.45, 2.75) is 23.1 Å². The maximum absolute atomic E-state index is 12.1. The number of nitrogens with zero attached hydrogens (tertiary/aromatic N) is 2. The van der Waals surface area contributed by atoms with E-state index in [1.54, 1.807) is 24.6 Å². The second-order valence-electron chi connectivity index (χ2n) is 6.57. The second-order valence-corrected chi connectivity index (χ2v) is 9.51. The topological polar surface area (TPSA) is 85.8 Å². The van der Waals surface area contributed by atoms with Crippen LogP contribution in [0.3, 0.4) is 0 Å². The van der Waals surface area contributed by atoms with Crippen molar-refractivity contribution >= 4 is 33.0 Å². The summed E-state index contributed by atoms with van der Waals surface area (Å²) in [5.41, 5.74) is 1.27. The smallest absolute Gasteiger partial charge is 0.250 e. The molecule has 28 heavy (non-hydrogen) atoms. The van der Waals surface area contributed by atoms with Crippen LogP contribution in [0.25, 0.3) is 0 Å². The van der Waals surface area contributed by atoms with Crippen molar-refractivity contribution < 1.29 is 8.42 Å². The molecule has 0 unspecified atom stereocenters. The van der Waals surface area contributed by atoms with Gasteiger partial charge in [-0.25, -0.2) is 13.1 Å². The fourth-order valence-corrected chi connectivity index (χ4v) is 5.23. The number of anilines is 1. The molecule has 0 aliphatic carbocycles. The quantitative estimate of drug-likeness (QED) is 0.361. The number of hydrogen-bond donors (Lipinski definition) is 3. The zero-order valence-corrected chi connectivity index (χ0v) is 17.6. The van der Waals surface area contributed by atoms with E-state index < -0.39 is 10.0 Å². The number of para-hydroxylation sites is 1. The van der Waals surface area contributed by atoms with Crippen molar-refractivity contribution in [1.29, 1.82) is 0 Å². The maximum Gasteiger partial charge on any atom is 0.250 e. The molecule has 1 aliphatic rings. The van der Waals surface area contributed by atoms with Crippen molar-refractivity contribution in [3.63, 3.8) is 0 Å². The molecule has 0 spiro atoms. The van der Waals surface area contributed by atoms with Crippen molar-refractivity contribution in [3.05, 3.63) is 47.8 Å². The molecule has 3 N–H and O–H groups in total. The fourth-order valence-electron chi connectivity index (χ4n) is 3.16. The minimum atomic E-state index is -3.42. The Morgan fingerprint density at radius 1 is 1.14 bits per heavy atom. The monoisotopic (exact) mass is 421 g/mol. The molecule has 7 nitrogen and oxygen atoms in total. The van der Waals surface area contributed by atoms with Gasteiger partial charge in [0.1, 0.15) is 4.21 Å². The van der Waals surface area contributed by atoms with E-state index in [1.165, 1.54) is 17.0 Å². The van der Waals surface area contributed by atoms with Gasteiger partial charge < -0.3 is 15.5 Å². The zero-order valence-electron chi connectivity index (χ0n) is 16.0. The molecule has 0 atom stereocenters. The predicted molar refractivity (Wildman–Crippen MR) is 116 cm³/mol. The van der Waals surface area contributed by atoms with E-state index in [-0.39, 0.29) is 0 Å². The fraction of sp³-hybridized carbons (Fsp3) is 0.421. The van der Waals surface area contributed by atoms with Crippen LogP contribution >= 0.6 is 11.3 Å². The van der Waals surface area contributed by atoms with Crippen LogP contribution in [0, 0.1) is 0 Å². The van der Waals surface area contributed by atoms with Crippen LogP contribution in [-0.4, -0.2) is 53.6 Å². The van der Waals surface area contributed by atoms with Gasteiger partial charge in [0.15, 0.2) is 5.96 Å². The van der Waals surface area contributed by atoms with Gasteiger partial charge in [-0.3, -0.25) is 4.99 Å².